The summed E-state index contributed by atoms with van der Waals surface area (Å²) >= 11 is 6.22. The first kappa shape index (κ1) is 18.9. The minimum absolute atomic E-state index is 0.275. The number of allylic oxidation sites excluding steroid dienone is 1. The minimum atomic E-state index is 0.275. The van der Waals surface area contributed by atoms with Crippen LogP contribution in [0.2, 0.25) is 5.02 Å². The maximum atomic E-state index is 6.22. The molecule has 2 aromatic carbocycles. The Bertz CT molecular complexity index is 989. The number of hydrogen-bond acceptors (Lipinski definition) is 4. The van der Waals surface area contributed by atoms with E-state index in [1.165, 1.54) is 12.8 Å². The van der Waals surface area contributed by atoms with Crippen LogP contribution in [0, 0.1) is 0 Å². The average molecular weight is 398 g/mol. The molecule has 1 aromatic heterocycles. The summed E-state index contributed by atoms with van der Waals surface area (Å²) in [5, 5.41) is 0.654. The van der Waals surface area contributed by atoms with E-state index in [0.29, 0.717) is 23.8 Å². The molecule has 1 aliphatic rings. The molecule has 0 unspecified atom stereocenters. The molecule has 146 valence electrons. The molecule has 0 amide bonds. The summed E-state index contributed by atoms with van der Waals surface area (Å²) in [6, 6.07) is 9.74. The highest BCUT2D eigenvalue weighted by atomic mass is 35.5. The van der Waals surface area contributed by atoms with Gasteiger partial charge < -0.3 is 13.9 Å². The fourth-order valence-electron chi connectivity index (χ4n) is 3.78. The van der Waals surface area contributed by atoms with Gasteiger partial charge in [0.15, 0.2) is 23.0 Å². The fraction of sp³-hybridized carbons (Fsp3) is 0.348. The van der Waals surface area contributed by atoms with Crippen molar-refractivity contribution in [1.82, 2.24) is 4.98 Å². The molecule has 4 rings (SSSR count). The molecule has 3 aromatic rings. The van der Waals surface area contributed by atoms with E-state index in [1.807, 2.05) is 36.4 Å². The van der Waals surface area contributed by atoms with Crippen LogP contribution in [0.25, 0.3) is 11.1 Å². The van der Waals surface area contributed by atoms with Crippen LogP contribution in [0.15, 0.2) is 47.4 Å². The lowest BCUT2D eigenvalue weighted by Gasteiger charge is -2.16. The maximum Gasteiger partial charge on any atom is 0.199 e. The van der Waals surface area contributed by atoms with E-state index in [4.69, 9.17) is 25.5 Å². The fourth-order valence-corrected chi connectivity index (χ4v) is 4.01. The number of nitrogens with zero attached hydrogens (tertiary/aromatic N) is 1. The molecule has 28 heavy (non-hydrogen) atoms. The lowest BCUT2D eigenvalue weighted by Crippen LogP contribution is -2.11. The molecule has 5 heteroatoms. The van der Waals surface area contributed by atoms with Crippen molar-refractivity contribution in [1.29, 1.82) is 0 Å². The Morgan fingerprint density at radius 1 is 1.21 bits per heavy atom. The van der Waals surface area contributed by atoms with Crippen LogP contribution >= 0.6 is 11.6 Å². The van der Waals surface area contributed by atoms with Crippen LogP contribution in [-0.2, 0) is 12.8 Å². The molecule has 0 N–H and O–H groups in total. The van der Waals surface area contributed by atoms with E-state index in [2.05, 4.69) is 11.6 Å². The Balaban J connectivity index is 1.61. The highest BCUT2D eigenvalue weighted by molar-refractivity contribution is 6.31. The second-order valence-corrected chi connectivity index (χ2v) is 7.64. The number of oxazole rings is 1. The van der Waals surface area contributed by atoms with Crippen LogP contribution < -0.4 is 9.47 Å². The maximum absolute atomic E-state index is 6.22. The van der Waals surface area contributed by atoms with Gasteiger partial charge in [-0.05, 0) is 61.9 Å². The van der Waals surface area contributed by atoms with Crippen molar-refractivity contribution in [3.05, 3.63) is 65.0 Å². The Morgan fingerprint density at radius 3 is 2.79 bits per heavy atom. The lowest BCUT2D eigenvalue weighted by molar-refractivity contribution is 0.200. The number of hydrogen-bond donors (Lipinski definition) is 0. The highest BCUT2D eigenvalue weighted by Gasteiger charge is 2.19. The minimum Gasteiger partial charge on any atom is -0.493 e. The van der Waals surface area contributed by atoms with Gasteiger partial charge in [-0.1, -0.05) is 23.7 Å². The summed E-state index contributed by atoms with van der Waals surface area (Å²) in [4.78, 5) is 4.63. The van der Waals surface area contributed by atoms with Crippen molar-refractivity contribution in [2.45, 2.75) is 44.6 Å². The zero-order chi connectivity index (χ0) is 19.5. The zero-order valence-corrected chi connectivity index (χ0v) is 16.8. The third kappa shape index (κ3) is 4.02. The quantitative estimate of drug-likeness (QED) is 0.450. The van der Waals surface area contributed by atoms with Crippen LogP contribution in [0.5, 0.6) is 11.5 Å². The average Bonchev–Trinajstić information content (AvgIpc) is 3.32. The van der Waals surface area contributed by atoms with E-state index in [-0.39, 0.29) is 6.10 Å². The van der Waals surface area contributed by atoms with E-state index >= 15 is 0 Å². The third-order valence-corrected chi connectivity index (χ3v) is 5.34. The van der Waals surface area contributed by atoms with Gasteiger partial charge in [0.2, 0.25) is 0 Å². The Morgan fingerprint density at radius 2 is 2.04 bits per heavy atom. The van der Waals surface area contributed by atoms with Crippen LogP contribution in [0.1, 0.15) is 42.7 Å². The standard InChI is InChI=1S/C23H24ClNO3/c1-3-6-16-13-17(24)14-19-23(16)28-22(25-19)12-15-9-10-20(26-2)21(11-15)27-18-7-4-5-8-18/h3,9-11,13-14,18H,1,4-8,12H2,2H3. The smallest absolute Gasteiger partial charge is 0.199 e. The molecule has 0 bridgehead atoms. The van der Waals surface area contributed by atoms with Gasteiger partial charge in [-0.2, -0.15) is 0 Å². The molecule has 0 radical (unpaired) electrons. The summed E-state index contributed by atoms with van der Waals surface area (Å²) in [6.45, 7) is 3.80. The van der Waals surface area contributed by atoms with Crippen molar-refractivity contribution >= 4 is 22.7 Å². The first-order chi connectivity index (χ1) is 13.7. The van der Waals surface area contributed by atoms with Crippen molar-refractivity contribution in [3.63, 3.8) is 0 Å². The number of ether oxygens (including phenoxy) is 2. The van der Waals surface area contributed by atoms with Crippen molar-refractivity contribution in [2.24, 2.45) is 0 Å². The summed E-state index contributed by atoms with van der Waals surface area (Å²) in [5.74, 6) is 2.20. The topological polar surface area (TPSA) is 44.5 Å². The normalized spacial score (nSPS) is 14.5. The van der Waals surface area contributed by atoms with Crippen LogP contribution in [0.4, 0.5) is 0 Å². The van der Waals surface area contributed by atoms with Gasteiger partial charge in [-0.15, -0.1) is 6.58 Å². The number of rotatable bonds is 7. The van der Waals surface area contributed by atoms with Crippen molar-refractivity contribution < 1.29 is 13.9 Å². The SMILES string of the molecule is C=CCc1cc(Cl)cc2nc(Cc3ccc(OC)c(OC4CCCC4)c3)oc12. The van der Waals surface area contributed by atoms with E-state index in [0.717, 1.165) is 46.6 Å². The van der Waals surface area contributed by atoms with E-state index in [1.54, 1.807) is 7.11 Å². The van der Waals surface area contributed by atoms with Crippen LogP contribution in [-0.4, -0.2) is 18.2 Å². The molecule has 0 aliphatic heterocycles. The zero-order valence-electron chi connectivity index (χ0n) is 16.0. The Kier molecular flexibility index (Phi) is 5.58. The Hall–Kier alpha value is -2.46. The number of fused-ring (bicyclic) bond motifs is 1. The third-order valence-electron chi connectivity index (χ3n) is 5.12. The van der Waals surface area contributed by atoms with Gasteiger partial charge >= 0.3 is 0 Å². The number of benzene rings is 2. The molecule has 0 spiro atoms. The van der Waals surface area contributed by atoms with Crippen molar-refractivity contribution in [2.75, 3.05) is 7.11 Å². The number of halogens is 1. The van der Waals surface area contributed by atoms with Crippen molar-refractivity contribution in [3.8, 4) is 11.5 Å². The molecule has 0 saturated heterocycles. The highest BCUT2D eigenvalue weighted by Crippen LogP contribution is 2.33. The molecular formula is C23H24ClNO3. The molecule has 1 heterocycles. The predicted octanol–water partition coefficient (Wildman–Crippen LogP) is 6.13. The monoisotopic (exact) mass is 397 g/mol. The van der Waals surface area contributed by atoms with Gasteiger partial charge in [-0.3, -0.25) is 0 Å². The molecule has 4 nitrogen and oxygen atoms in total. The molecular weight excluding hydrogens is 374 g/mol. The molecule has 0 atom stereocenters. The van der Waals surface area contributed by atoms with Gasteiger partial charge in [0.1, 0.15) is 5.52 Å². The van der Waals surface area contributed by atoms with E-state index in [9.17, 15) is 0 Å². The molecule has 1 saturated carbocycles. The number of methoxy groups -OCH3 is 1. The van der Waals surface area contributed by atoms with Gasteiger partial charge in [0.05, 0.1) is 13.2 Å². The summed E-state index contributed by atoms with van der Waals surface area (Å²) in [6.07, 6.45) is 8.03. The summed E-state index contributed by atoms with van der Waals surface area (Å²) in [7, 11) is 1.67. The Labute approximate surface area is 170 Å². The summed E-state index contributed by atoms with van der Waals surface area (Å²) in [5.41, 5.74) is 3.61. The predicted molar refractivity (Wildman–Crippen MR) is 112 cm³/mol. The van der Waals surface area contributed by atoms with E-state index < -0.39 is 0 Å². The van der Waals surface area contributed by atoms with Gasteiger partial charge in [0.25, 0.3) is 0 Å². The first-order valence-electron chi connectivity index (χ1n) is 9.68. The second-order valence-electron chi connectivity index (χ2n) is 7.20. The summed E-state index contributed by atoms with van der Waals surface area (Å²) < 4.78 is 17.7. The second kappa shape index (κ2) is 8.27. The van der Waals surface area contributed by atoms with Gasteiger partial charge in [-0.25, -0.2) is 4.98 Å². The number of aromatic nitrogens is 1. The van der Waals surface area contributed by atoms with Crippen LogP contribution in [0.3, 0.4) is 0 Å². The first-order valence-corrected chi connectivity index (χ1v) is 10.1. The molecule has 1 fully saturated rings. The largest absolute Gasteiger partial charge is 0.493 e. The van der Waals surface area contributed by atoms with Gasteiger partial charge in [0, 0.05) is 17.0 Å². The lowest BCUT2D eigenvalue weighted by atomic mass is 10.1. The molecule has 1 aliphatic carbocycles.